The average molecular weight is 584 g/mol. The first kappa shape index (κ1) is 24.2. The summed E-state index contributed by atoms with van der Waals surface area (Å²) < 4.78 is 9.06. The molecular formula is C44H25NO. The van der Waals surface area contributed by atoms with Gasteiger partial charge in [0.2, 0.25) is 0 Å². The SMILES string of the molecule is c1cc(-c2ccc3c4c(cccc24)-c2ccccc2-3)cc(-n2c3ccccc3c3c4c5ccccc5oc4c4ccccc4c32)c1. The maximum absolute atomic E-state index is 6.59. The third kappa shape index (κ3) is 3.01. The summed E-state index contributed by atoms with van der Waals surface area (Å²) in [5, 5.41) is 9.77. The minimum Gasteiger partial charge on any atom is -0.455 e. The van der Waals surface area contributed by atoms with Gasteiger partial charge in [0.15, 0.2) is 0 Å². The molecule has 46 heavy (non-hydrogen) atoms. The highest BCUT2D eigenvalue weighted by Gasteiger charge is 2.24. The molecule has 0 unspecified atom stereocenters. The van der Waals surface area contributed by atoms with E-state index in [4.69, 9.17) is 4.42 Å². The third-order valence-corrected chi connectivity index (χ3v) is 10.1. The molecule has 0 aliphatic heterocycles. The molecule has 1 aliphatic carbocycles. The van der Waals surface area contributed by atoms with Crippen molar-refractivity contribution < 1.29 is 4.42 Å². The molecule has 0 fully saturated rings. The van der Waals surface area contributed by atoms with Crippen LogP contribution in [0.1, 0.15) is 0 Å². The summed E-state index contributed by atoms with van der Waals surface area (Å²) in [7, 11) is 0. The fourth-order valence-electron chi connectivity index (χ4n) is 8.26. The molecule has 212 valence electrons. The highest BCUT2D eigenvalue weighted by Crippen LogP contribution is 2.50. The molecule has 2 nitrogen and oxygen atoms in total. The molecule has 0 bridgehead atoms. The van der Waals surface area contributed by atoms with Crippen LogP contribution in [0.3, 0.4) is 0 Å². The Balaban J connectivity index is 1.24. The van der Waals surface area contributed by atoms with Gasteiger partial charge in [-0.1, -0.05) is 127 Å². The Bertz CT molecular complexity index is 2890. The summed E-state index contributed by atoms with van der Waals surface area (Å²) in [5.41, 5.74) is 13.2. The van der Waals surface area contributed by atoms with Crippen LogP contribution in [0, 0.1) is 0 Å². The maximum atomic E-state index is 6.59. The van der Waals surface area contributed by atoms with Gasteiger partial charge in [0, 0.05) is 38.0 Å². The van der Waals surface area contributed by atoms with Crippen molar-refractivity contribution in [2.75, 3.05) is 0 Å². The van der Waals surface area contributed by atoms with Crippen molar-refractivity contribution in [3.8, 4) is 39.1 Å². The molecule has 2 heterocycles. The van der Waals surface area contributed by atoms with Gasteiger partial charge in [-0.05, 0) is 68.4 Å². The number of rotatable bonds is 2. The zero-order valence-corrected chi connectivity index (χ0v) is 24.8. The van der Waals surface area contributed by atoms with Crippen molar-refractivity contribution in [3.05, 3.63) is 152 Å². The largest absolute Gasteiger partial charge is 0.455 e. The number of nitrogens with zero attached hydrogens (tertiary/aromatic N) is 1. The molecule has 0 saturated heterocycles. The minimum absolute atomic E-state index is 0.920. The van der Waals surface area contributed by atoms with Gasteiger partial charge in [-0.15, -0.1) is 0 Å². The Morgan fingerprint density at radius 3 is 1.89 bits per heavy atom. The molecule has 1 aliphatic rings. The Hall–Kier alpha value is -6.12. The van der Waals surface area contributed by atoms with Gasteiger partial charge in [0.25, 0.3) is 0 Å². The fraction of sp³-hybridized carbons (Fsp3) is 0. The first-order valence-corrected chi connectivity index (χ1v) is 15.9. The molecule has 11 rings (SSSR count). The second-order valence-corrected chi connectivity index (χ2v) is 12.4. The van der Waals surface area contributed by atoms with Gasteiger partial charge < -0.3 is 8.98 Å². The highest BCUT2D eigenvalue weighted by molar-refractivity contribution is 6.36. The molecule has 0 spiro atoms. The summed E-state index contributed by atoms with van der Waals surface area (Å²) in [5.74, 6) is 0. The molecule has 0 N–H and O–H groups in total. The van der Waals surface area contributed by atoms with E-state index in [9.17, 15) is 0 Å². The van der Waals surface area contributed by atoms with E-state index in [-0.39, 0.29) is 0 Å². The normalized spacial score (nSPS) is 12.3. The van der Waals surface area contributed by atoms with Crippen molar-refractivity contribution in [2.45, 2.75) is 0 Å². The van der Waals surface area contributed by atoms with E-state index >= 15 is 0 Å². The number of furan rings is 1. The summed E-state index contributed by atoms with van der Waals surface area (Å²) in [4.78, 5) is 0. The molecule has 2 aromatic heterocycles. The Labute approximate surface area is 264 Å². The van der Waals surface area contributed by atoms with E-state index in [2.05, 4.69) is 156 Å². The standard InChI is InChI=1S/C44H25NO/c1-2-14-30-29(13-1)32-20-10-19-31-28(23-24-33(30)40(31)32)26-11-9-12-27(25-26)45-38-21-7-5-17-36(38)41-42-37-18-6-8-22-39(37)46-44(42)35-16-4-3-15-34(35)43(41)45/h1-25H. The minimum atomic E-state index is 0.920. The van der Waals surface area contributed by atoms with Gasteiger partial charge in [-0.3, -0.25) is 0 Å². The van der Waals surface area contributed by atoms with Crippen LogP contribution in [0.25, 0.3) is 104 Å². The lowest BCUT2D eigenvalue weighted by atomic mass is 9.94. The summed E-state index contributed by atoms with van der Waals surface area (Å²) >= 11 is 0. The van der Waals surface area contributed by atoms with E-state index < -0.39 is 0 Å². The summed E-state index contributed by atoms with van der Waals surface area (Å²) in [6.45, 7) is 0. The van der Waals surface area contributed by atoms with Crippen LogP contribution in [-0.4, -0.2) is 4.57 Å². The zero-order chi connectivity index (χ0) is 29.9. The molecular weight excluding hydrogens is 558 g/mol. The van der Waals surface area contributed by atoms with Crippen molar-refractivity contribution in [3.63, 3.8) is 0 Å². The number of para-hydroxylation sites is 2. The van der Waals surface area contributed by atoms with Gasteiger partial charge in [0.05, 0.1) is 11.0 Å². The van der Waals surface area contributed by atoms with Crippen molar-refractivity contribution in [1.29, 1.82) is 0 Å². The lowest BCUT2D eigenvalue weighted by Crippen LogP contribution is -1.95. The molecule has 0 saturated carbocycles. The van der Waals surface area contributed by atoms with E-state index in [1.54, 1.807) is 0 Å². The lowest BCUT2D eigenvalue weighted by Gasteiger charge is -2.14. The number of aromatic nitrogens is 1. The Morgan fingerprint density at radius 1 is 0.391 bits per heavy atom. The van der Waals surface area contributed by atoms with Crippen molar-refractivity contribution in [1.82, 2.24) is 4.57 Å². The third-order valence-electron chi connectivity index (χ3n) is 10.1. The first-order chi connectivity index (χ1) is 22.8. The quantitative estimate of drug-likeness (QED) is 0.198. The summed E-state index contributed by atoms with van der Waals surface area (Å²) in [6, 6.07) is 55.2. The second kappa shape index (κ2) is 8.74. The number of benzene rings is 8. The van der Waals surface area contributed by atoms with Gasteiger partial charge in [-0.2, -0.15) is 0 Å². The second-order valence-electron chi connectivity index (χ2n) is 12.4. The van der Waals surface area contributed by atoms with E-state index in [1.807, 2.05) is 0 Å². The van der Waals surface area contributed by atoms with Gasteiger partial charge in [-0.25, -0.2) is 0 Å². The van der Waals surface area contributed by atoms with Crippen LogP contribution >= 0.6 is 0 Å². The van der Waals surface area contributed by atoms with Crippen molar-refractivity contribution in [2.24, 2.45) is 0 Å². The first-order valence-electron chi connectivity index (χ1n) is 15.9. The smallest absolute Gasteiger partial charge is 0.144 e. The van der Waals surface area contributed by atoms with Crippen LogP contribution < -0.4 is 0 Å². The van der Waals surface area contributed by atoms with Crippen LogP contribution in [0.15, 0.2) is 156 Å². The molecule has 0 amide bonds. The topological polar surface area (TPSA) is 18.1 Å². The molecule has 10 aromatic rings. The van der Waals surface area contributed by atoms with Crippen LogP contribution in [0.5, 0.6) is 0 Å². The van der Waals surface area contributed by atoms with E-state index in [0.29, 0.717) is 0 Å². The maximum Gasteiger partial charge on any atom is 0.144 e. The predicted molar refractivity (Wildman–Crippen MR) is 193 cm³/mol. The van der Waals surface area contributed by atoms with Crippen LogP contribution in [0.2, 0.25) is 0 Å². The van der Waals surface area contributed by atoms with Gasteiger partial charge in [0.1, 0.15) is 11.2 Å². The predicted octanol–water partition coefficient (Wildman–Crippen LogP) is 12.3. The number of hydrogen-bond acceptors (Lipinski definition) is 1. The van der Waals surface area contributed by atoms with Gasteiger partial charge >= 0.3 is 0 Å². The average Bonchev–Trinajstić information content (AvgIpc) is 3.78. The molecule has 2 heteroatoms. The molecule has 0 radical (unpaired) electrons. The highest BCUT2D eigenvalue weighted by atomic mass is 16.3. The monoisotopic (exact) mass is 583 g/mol. The fourth-order valence-corrected chi connectivity index (χ4v) is 8.26. The number of hydrogen-bond donors (Lipinski definition) is 0. The zero-order valence-electron chi connectivity index (χ0n) is 24.8. The van der Waals surface area contributed by atoms with E-state index in [0.717, 1.165) is 27.6 Å². The van der Waals surface area contributed by atoms with E-state index in [1.165, 1.54) is 76.7 Å². The summed E-state index contributed by atoms with van der Waals surface area (Å²) in [6.07, 6.45) is 0. The molecule has 8 aromatic carbocycles. The number of fused-ring (bicyclic) bond motifs is 13. The van der Waals surface area contributed by atoms with Crippen LogP contribution in [-0.2, 0) is 0 Å². The van der Waals surface area contributed by atoms with Crippen LogP contribution in [0.4, 0.5) is 0 Å². The Morgan fingerprint density at radius 2 is 1.02 bits per heavy atom. The molecule has 0 atom stereocenters. The van der Waals surface area contributed by atoms with Crippen molar-refractivity contribution >= 4 is 65.3 Å². The lowest BCUT2D eigenvalue weighted by molar-refractivity contribution is 0.673. The Kier molecular flexibility index (Phi) is 4.61.